The van der Waals surface area contributed by atoms with Gasteiger partial charge in [0.2, 0.25) is 5.82 Å². The fourth-order valence-electron chi connectivity index (χ4n) is 2.33. The summed E-state index contributed by atoms with van der Waals surface area (Å²) < 4.78 is 5.30. The summed E-state index contributed by atoms with van der Waals surface area (Å²) in [5.41, 5.74) is 3.99. The number of Topliss-reactive ketones (excluding diaryl/α,β-unsaturated/α-hetero) is 1. The minimum atomic E-state index is 0.0278. The lowest BCUT2D eigenvalue weighted by molar-refractivity contribution is 0.101. The van der Waals surface area contributed by atoms with E-state index in [0.29, 0.717) is 23.0 Å². The van der Waals surface area contributed by atoms with E-state index in [4.69, 9.17) is 4.52 Å². The first kappa shape index (κ1) is 12.8. The Kier molecular flexibility index (Phi) is 3.02. The van der Waals surface area contributed by atoms with Crippen molar-refractivity contribution in [3.05, 3.63) is 33.6 Å². The molecule has 0 aliphatic carbocycles. The van der Waals surface area contributed by atoms with E-state index in [1.165, 1.54) is 0 Å². The highest BCUT2D eigenvalue weighted by Gasteiger charge is 2.20. The largest absolute Gasteiger partial charge is 0.354 e. The number of hydrogen-bond donors (Lipinski definition) is 1. The maximum Gasteiger partial charge on any atom is 0.274 e. The Morgan fingerprint density at radius 3 is 2.80 bits per heavy atom. The van der Waals surface area contributed by atoms with Gasteiger partial charge in [-0.1, -0.05) is 5.16 Å². The van der Waals surface area contributed by atoms with E-state index in [2.05, 4.69) is 15.1 Å². The maximum absolute atomic E-state index is 11.6. The molecule has 0 aliphatic rings. The summed E-state index contributed by atoms with van der Waals surface area (Å²) in [5, 5.41) is 7.90. The van der Waals surface area contributed by atoms with Gasteiger partial charge in [-0.3, -0.25) is 4.79 Å². The van der Waals surface area contributed by atoms with Crippen LogP contribution in [0.2, 0.25) is 0 Å². The maximum atomic E-state index is 11.6. The third-order valence-corrected chi connectivity index (χ3v) is 3.89. The topological polar surface area (TPSA) is 71.8 Å². The first-order chi connectivity index (χ1) is 9.58. The van der Waals surface area contributed by atoms with Gasteiger partial charge in [0.25, 0.3) is 5.89 Å². The molecule has 0 spiro atoms. The summed E-state index contributed by atoms with van der Waals surface area (Å²) in [6.45, 7) is 5.30. The van der Waals surface area contributed by atoms with Gasteiger partial charge >= 0.3 is 0 Å². The third kappa shape index (κ3) is 1.98. The first-order valence-electron chi connectivity index (χ1n) is 6.14. The number of rotatable bonds is 3. The van der Waals surface area contributed by atoms with Crippen LogP contribution in [0.1, 0.15) is 28.5 Å². The molecule has 0 radical (unpaired) electrons. The molecule has 0 bridgehead atoms. The zero-order chi connectivity index (χ0) is 14.3. The molecule has 3 heterocycles. The molecule has 3 aromatic rings. The van der Waals surface area contributed by atoms with Crippen LogP contribution in [0.5, 0.6) is 0 Å². The highest BCUT2D eigenvalue weighted by Crippen LogP contribution is 2.28. The quantitative estimate of drug-likeness (QED) is 0.747. The van der Waals surface area contributed by atoms with Gasteiger partial charge in [0, 0.05) is 22.2 Å². The number of ketones is 1. The van der Waals surface area contributed by atoms with E-state index >= 15 is 0 Å². The smallest absolute Gasteiger partial charge is 0.274 e. The molecule has 20 heavy (non-hydrogen) atoms. The minimum Gasteiger partial charge on any atom is -0.354 e. The van der Waals surface area contributed by atoms with E-state index in [-0.39, 0.29) is 5.78 Å². The number of nitrogens with zero attached hydrogens (tertiary/aromatic N) is 2. The number of carbonyl (C=O) groups excluding carboxylic acids is 1. The molecule has 0 saturated heterocycles. The molecule has 0 saturated carbocycles. The van der Waals surface area contributed by atoms with Gasteiger partial charge in [0.1, 0.15) is 5.69 Å². The molecule has 3 aromatic heterocycles. The van der Waals surface area contributed by atoms with Crippen LogP contribution in [0.25, 0.3) is 23.0 Å². The second-order valence-electron chi connectivity index (χ2n) is 4.62. The zero-order valence-electron chi connectivity index (χ0n) is 11.4. The highest BCUT2D eigenvalue weighted by atomic mass is 32.1. The second kappa shape index (κ2) is 4.72. The molecule has 6 heteroatoms. The Morgan fingerprint density at radius 2 is 2.20 bits per heavy atom. The average Bonchev–Trinajstić information content (AvgIpc) is 3.08. The molecule has 3 rings (SSSR count). The van der Waals surface area contributed by atoms with E-state index in [9.17, 15) is 4.79 Å². The van der Waals surface area contributed by atoms with Gasteiger partial charge < -0.3 is 9.51 Å². The molecular weight excluding hydrogens is 274 g/mol. The van der Waals surface area contributed by atoms with Crippen LogP contribution >= 0.6 is 11.3 Å². The molecule has 0 atom stereocenters. The number of thiophene rings is 1. The number of carbonyl (C=O) groups is 1. The van der Waals surface area contributed by atoms with Gasteiger partial charge in [0.05, 0.1) is 0 Å². The van der Waals surface area contributed by atoms with Crippen molar-refractivity contribution < 1.29 is 9.32 Å². The normalized spacial score (nSPS) is 10.9. The number of aryl methyl sites for hydroxylation is 1. The molecule has 1 N–H and O–H groups in total. The SMILES string of the molecule is CC(=O)c1c(C)[nH]c(-c2nc(-c3ccsc3)no2)c1C. The first-order valence-corrected chi connectivity index (χ1v) is 7.09. The standard InChI is InChI=1S/C14H13N3O2S/c1-7-11(9(3)18)8(2)15-12(7)14-16-13(17-19-14)10-4-5-20-6-10/h4-6,15H,1-3H3. The number of H-pyrrole nitrogens is 1. The number of aromatic amines is 1. The van der Waals surface area contributed by atoms with Crippen LogP contribution in [0.4, 0.5) is 0 Å². The number of aromatic nitrogens is 3. The van der Waals surface area contributed by atoms with E-state index < -0.39 is 0 Å². The summed E-state index contributed by atoms with van der Waals surface area (Å²) in [6, 6.07) is 1.94. The van der Waals surface area contributed by atoms with Crippen molar-refractivity contribution in [2.45, 2.75) is 20.8 Å². The van der Waals surface area contributed by atoms with Crippen molar-refractivity contribution >= 4 is 17.1 Å². The van der Waals surface area contributed by atoms with Crippen LogP contribution in [-0.2, 0) is 0 Å². The van der Waals surface area contributed by atoms with Crippen molar-refractivity contribution in [1.29, 1.82) is 0 Å². The fraction of sp³-hybridized carbons (Fsp3) is 0.214. The molecular formula is C14H13N3O2S. The van der Waals surface area contributed by atoms with Gasteiger partial charge in [-0.15, -0.1) is 0 Å². The Bertz CT molecular complexity index is 769. The van der Waals surface area contributed by atoms with Crippen molar-refractivity contribution in [1.82, 2.24) is 15.1 Å². The molecule has 5 nitrogen and oxygen atoms in total. The molecule has 0 amide bonds. The average molecular weight is 287 g/mol. The third-order valence-electron chi connectivity index (χ3n) is 3.21. The van der Waals surface area contributed by atoms with E-state index in [0.717, 1.165) is 16.8 Å². The van der Waals surface area contributed by atoms with Crippen molar-refractivity contribution in [2.75, 3.05) is 0 Å². The lowest BCUT2D eigenvalue weighted by Gasteiger charge is -1.95. The molecule has 102 valence electrons. The van der Waals surface area contributed by atoms with Crippen molar-refractivity contribution in [3.8, 4) is 23.0 Å². The Balaban J connectivity index is 2.06. The van der Waals surface area contributed by atoms with Crippen LogP contribution in [0.3, 0.4) is 0 Å². The summed E-state index contributed by atoms with van der Waals surface area (Å²) in [7, 11) is 0. The number of hydrogen-bond acceptors (Lipinski definition) is 5. The van der Waals surface area contributed by atoms with Gasteiger partial charge in [-0.25, -0.2) is 0 Å². The minimum absolute atomic E-state index is 0.0278. The van der Waals surface area contributed by atoms with Crippen LogP contribution < -0.4 is 0 Å². The summed E-state index contributed by atoms with van der Waals surface area (Å²) >= 11 is 1.58. The predicted molar refractivity (Wildman–Crippen MR) is 76.9 cm³/mol. The van der Waals surface area contributed by atoms with Crippen LogP contribution in [0.15, 0.2) is 21.3 Å². The van der Waals surface area contributed by atoms with E-state index in [1.54, 1.807) is 18.3 Å². The van der Waals surface area contributed by atoms with E-state index in [1.807, 2.05) is 30.7 Å². The fourth-order valence-corrected chi connectivity index (χ4v) is 2.96. The predicted octanol–water partition coefficient (Wildman–Crippen LogP) is 3.61. The van der Waals surface area contributed by atoms with Crippen LogP contribution in [0, 0.1) is 13.8 Å². The number of nitrogens with one attached hydrogen (secondary N) is 1. The second-order valence-corrected chi connectivity index (χ2v) is 5.40. The van der Waals surface area contributed by atoms with Crippen molar-refractivity contribution in [2.24, 2.45) is 0 Å². The Morgan fingerprint density at radius 1 is 1.40 bits per heavy atom. The van der Waals surface area contributed by atoms with Gasteiger partial charge in [0.15, 0.2) is 5.78 Å². The molecule has 0 unspecified atom stereocenters. The molecule has 0 fully saturated rings. The molecule has 0 aromatic carbocycles. The van der Waals surface area contributed by atoms with Gasteiger partial charge in [-0.05, 0) is 37.8 Å². The lowest BCUT2D eigenvalue weighted by atomic mass is 10.1. The Labute approximate surface area is 119 Å². The molecule has 0 aliphatic heterocycles. The summed E-state index contributed by atoms with van der Waals surface area (Å²) in [6.07, 6.45) is 0. The van der Waals surface area contributed by atoms with Crippen LogP contribution in [-0.4, -0.2) is 20.9 Å². The highest BCUT2D eigenvalue weighted by molar-refractivity contribution is 7.08. The monoisotopic (exact) mass is 287 g/mol. The zero-order valence-corrected chi connectivity index (χ0v) is 12.2. The lowest BCUT2D eigenvalue weighted by Crippen LogP contribution is -1.94. The summed E-state index contributed by atoms with van der Waals surface area (Å²) in [5.74, 6) is 0.983. The Hall–Kier alpha value is -2.21. The summed E-state index contributed by atoms with van der Waals surface area (Å²) in [4.78, 5) is 19.2. The van der Waals surface area contributed by atoms with Gasteiger partial charge in [-0.2, -0.15) is 16.3 Å². The van der Waals surface area contributed by atoms with Crippen molar-refractivity contribution in [3.63, 3.8) is 0 Å².